The van der Waals surface area contributed by atoms with Crippen LogP contribution in [0.5, 0.6) is 0 Å². The average Bonchev–Trinajstić information content (AvgIpc) is 3.71. The maximum atomic E-state index is 3.88. The van der Waals surface area contributed by atoms with Crippen LogP contribution in [-0.4, -0.2) is 3.21 Å². The normalized spacial score (nSPS) is 11.7. The molecule has 0 spiro atoms. The zero-order chi connectivity index (χ0) is 38.7. The summed E-state index contributed by atoms with van der Waals surface area (Å²) in [7, 11) is 0. The van der Waals surface area contributed by atoms with Gasteiger partial charge in [0.2, 0.25) is 0 Å². The number of hydrogen-bond acceptors (Lipinski definition) is 0. The van der Waals surface area contributed by atoms with Gasteiger partial charge in [0.05, 0.1) is 0 Å². The second kappa shape index (κ2) is 18.8. The summed E-state index contributed by atoms with van der Waals surface area (Å²) in [4.78, 5) is 0. The number of fused-ring (bicyclic) bond motifs is 3. The Morgan fingerprint density at radius 3 is 1.58 bits per heavy atom. The van der Waals surface area contributed by atoms with E-state index in [0.717, 1.165) is 6.42 Å². The zero-order valence-electron chi connectivity index (χ0n) is 35.0. The minimum Gasteiger partial charge on any atom is -1.00 e. The molecule has 286 valence electrons. The van der Waals surface area contributed by atoms with Crippen LogP contribution >= 0.6 is 0 Å². The van der Waals surface area contributed by atoms with E-state index in [1.54, 1.807) is 0 Å². The van der Waals surface area contributed by atoms with Gasteiger partial charge in [0.15, 0.2) is 0 Å². The van der Waals surface area contributed by atoms with Crippen molar-refractivity contribution in [3.63, 3.8) is 0 Å². The fourth-order valence-corrected chi connectivity index (χ4v) is 7.34. The van der Waals surface area contributed by atoms with Crippen molar-refractivity contribution in [1.82, 2.24) is 0 Å². The van der Waals surface area contributed by atoms with Gasteiger partial charge in [0.25, 0.3) is 0 Å². The van der Waals surface area contributed by atoms with Gasteiger partial charge in [-0.05, 0) is 39.5 Å². The first-order chi connectivity index (χ1) is 24.8. The summed E-state index contributed by atoms with van der Waals surface area (Å²) in [6.45, 7) is 27.0. The molecule has 7 rings (SSSR count). The standard InChI is InChI=1S/C33H33.C10H15.C9H10.2ClH.Zr/c1-32(2,3)30-20-26-24(18-28(30)22-13-9-7-10-14-22)17-25-19-29(23-15-11-8-12-16-23)31(21-27(25)26)33(4,5)6;1-8-5-6-9(7-8)10(2,3)4;1-3-9-6-4-8(2)5-7-9;;;/h7-16,18,20-21H,17H2,1-6H3;5-7H,1-4H3;4-7H,1-2H3;2*1H;/q2*-1;;;;+2/p-2. The van der Waals surface area contributed by atoms with E-state index in [-0.39, 0.29) is 35.6 Å². The monoisotopic (exact) mass is 842 g/mol. The third-order valence-electron chi connectivity index (χ3n) is 10.1. The van der Waals surface area contributed by atoms with Gasteiger partial charge in [-0.15, -0.1) is 28.8 Å². The molecule has 0 heterocycles. The Kier molecular flexibility index (Phi) is 15.8. The SMILES string of the molecule is CC(C)(C)c1cc2c([c-]c1-c1ccccc1)Cc1cc(-c3ccccc3)c(C(C)(C)C)cc1-2.C[C](=[Zr+2])c1ccc(C)cc1.Cc1cc(C(C)(C)C)c[cH-]1.[Cl-].[Cl-]. The van der Waals surface area contributed by atoms with E-state index < -0.39 is 0 Å². The molecule has 0 N–H and O–H groups in total. The number of halogens is 2. The third-order valence-corrected chi connectivity index (χ3v) is 10.8. The molecule has 0 unspecified atom stereocenters. The summed E-state index contributed by atoms with van der Waals surface area (Å²) >= 11 is 1.51. The van der Waals surface area contributed by atoms with Gasteiger partial charge in [0, 0.05) is 0 Å². The minimum atomic E-state index is 0. The molecule has 0 atom stereocenters. The largest absolute Gasteiger partial charge is 1.00 e. The van der Waals surface area contributed by atoms with Crippen LogP contribution in [0, 0.1) is 19.9 Å². The molecule has 0 nitrogen and oxygen atoms in total. The third kappa shape index (κ3) is 11.7. The summed E-state index contributed by atoms with van der Waals surface area (Å²) in [6, 6.07) is 48.1. The fourth-order valence-electron chi connectivity index (χ4n) is 6.93. The molecule has 0 saturated carbocycles. The Hall–Kier alpha value is -3.22. The van der Waals surface area contributed by atoms with E-state index in [2.05, 4.69) is 210 Å². The van der Waals surface area contributed by atoms with Crippen LogP contribution in [0.25, 0.3) is 33.4 Å². The van der Waals surface area contributed by atoms with Crippen LogP contribution < -0.4 is 24.8 Å². The molecule has 0 aromatic heterocycles. The fraction of sp³-hybridized carbons (Fsp3) is 0.308. The van der Waals surface area contributed by atoms with Crippen molar-refractivity contribution in [2.24, 2.45) is 0 Å². The maximum Gasteiger partial charge on any atom is -0.0635 e. The van der Waals surface area contributed by atoms with Crippen molar-refractivity contribution in [1.29, 1.82) is 0 Å². The molecule has 1 aliphatic rings. The van der Waals surface area contributed by atoms with E-state index in [0.29, 0.717) is 5.41 Å². The first-order valence-corrected chi connectivity index (χ1v) is 20.3. The van der Waals surface area contributed by atoms with E-state index in [1.807, 2.05) is 0 Å². The summed E-state index contributed by atoms with van der Waals surface area (Å²) < 4.78 is 1.46. The van der Waals surface area contributed by atoms with Crippen molar-refractivity contribution in [2.75, 3.05) is 0 Å². The van der Waals surface area contributed by atoms with E-state index in [1.165, 1.54) is 105 Å². The molecule has 6 aromatic rings. The number of benzene rings is 5. The van der Waals surface area contributed by atoms with Gasteiger partial charge in [-0.25, -0.2) is 6.07 Å². The Labute approximate surface area is 360 Å². The number of rotatable bonds is 3. The van der Waals surface area contributed by atoms with Crippen molar-refractivity contribution in [2.45, 2.75) is 106 Å². The molecule has 0 amide bonds. The molecule has 6 aromatic carbocycles. The van der Waals surface area contributed by atoms with Gasteiger partial charge < -0.3 is 24.8 Å². The molecular formula is C52H58Cl2Zr-2. The van der Waals surface area contributed by atoms with Crippen LogP contribution in [-0.2, 0) is 46.9 Å². The summed E-state index contributed by atoms with van der Waals surface area (Å²) in [5.41, 5.74) is 19.3. The van der Waals surface area contributed by atoms with Crippen molar-refractivity contribution >= 4 is 3.21 Å². The predicted octanol–water partition coefficient (Wildman–Crippen LogP) is 8.09. The Bertz CT molecular complexity index is 2060. The van der Waals surface area contributed by atoms with Gasteiger partial charge >= 0.3 is 76.7 Å². The van der Waals surface area contributed by atoms with E-state index >= 15 is 0 Å². The van der Waals surface area contributed by atoms with Gasteiger partial charge in [0.1, 0.15) is 0 Å². The Morgan fingerprint density at radius 2 is 1.13 bits per heavy atom. The number of hydrogen-bond donors (Lipinski definition) is 0. The average molecular weight is 845 g/mol. The molecular weight excluding hydrogens is 787 g/mol. The maximum absolute atomic E-state index is 3.88. The van der Waals surface area contributed by atoms with Crippen LogP contribution in [0.15, 0.2) is 121 Å². The molecule has 0 fully saturated rings. The Balaban J connectivity index is 0.000000303. The smallest absolute Gasteiger partial charge is 0.0635 e. The predicted molar refractivity (Wildman–Crippen MR) is 228 cm³/mol. The summed E-state index contributed by atoms with van der Waals surface area (Å²) in [5, 5.41) is 0. The zero-order valence-corrected chi connectivity index (χ0v) is 39.0. The molecule has 0 saturated heterocycles. The quantitative estimate of drug-likeness (QED) is 0.158. The first kappa shape index (κ1) is 46.2. The Morgan fingerprint density at radius 1 is 0.600 bits per heavy atom. The summed E-state index contributed by atoms with van der Waals surface area (Å²) in [5.74, 6) is 0. The topological polar surface area (TPSA) is 0 Å². The minimum absolute atomic E-state index is 0. The number of aryl methyl sites for hydroxylation is 2. The molecule has 1 aliphatic carbocycles. The van der Waals surface area contributed by atoms with Crippen molar-refractivity contribution in [3.8, 4) is 33.4 Å². The molecule has 0 bridgehead atoms. The summed E-state index contributed by atoms with van der Waals surface area (Å²) in [6.07, 6.45) is 0.944. The van der Waals surface area contributed by atoms with Gasteiger partial charge in [-0.1, -0.05) is 164 Å². The van der Waals surface area contributed by atoms with Crippen LogP contribution in [0.3, 0.4) is 0 Å². The van der Waals surface area contributed by atoms with E-state index in [9.17, 15) is 0 Å². The van der Waals surface area contributed by atoms with Gasteiger partial charge in [-0.3, -0.25) is 0 Å². The van der Waals surface area contributed by atoms with Crippen molar-refractivity contribution in [3.05, 3.63) is 172 Å². The van der Waals surface area contributed by atoms with E-state index in [4.69, 9.17) is 0 Å². The van der Waals surface area contributed by atoms with Crippen molar-refractivity contribution < 1.29 is 49.0 Å². The molecule has 3 heteroatoms. The molecule has 0 aliphatic heterocycles. The van der Waals surface area contributed by atoms with Crippen LogP contribution in [0.2, 0.25) is 0 Å². The molecule has 0 radical (unpaired) electrons. The first-order valence-electron chi connectivity index (χ1n) is 19.1. The second-order valence-corrected chi connectivity index (χ2v) is 19.7. The second-order valence-electron chi connectivity index (χ2n) is 17.8. The van der Waals surface area contributed by atoms with Gasteiger partial charge in [-0.2, -0.15) is 23.3 Å². The van der Waals surface area contributed by atoms with Crippen LogP contribution in [0.1, 0.15) is 114 Å². The van der Waals surface area contributed by atoms with Crippen LogP contribution in [0.4, 0.5) is 0 Å². The molecule has 55 heavy (non-hydrogen) atoms.